The number of rotatable bonds is 5. The van der Waals surface area contributed by atoms with Gasteiger partial charge in [0.25, 0.3) is 16.0 Å². The second-order valence-corrected chi connectivity index (χ2v) is 12.0. The summed E-state index contributed by atoms with van der Waals surface area (Å²) in [6, 6.07) is 20.0. The molecule has 0 radical (unpaired) electrons. The Labute approximate surface area is 239 Å². The van der Waals surface area contributed by atoms with Crippen molar-refractivity contribution in [1.82, 2.24) is 5.01 Å². The number of sulfonamides is 1. The maximum Gasteiger partial charge on any atom is 0.416 e. The first-order valence-electron chi connectivity index (χ1n) is 12.1. The van der Waals surface area contributed by atoms with Crippen LogP contribution in [0, 0.1) is 0 Å². The van der Waals surface area contributed by atoms with Gasteiger partial charge in [-0.05, 0) is 59.7 Å². The molecular formula is C27H25ClF3N5O2S2. The molecule has 1 aliphatic heterocycles. The van der Waals surface area contributed by atoms with Crippen LogP contribution in [0.25, 0.3) is 0 Å². The van der Waals surface area contributed by atoms with Crippen LogP contribution < -0.4 is 5.73 Å². The number of amidine groups is 1. The van der Waals surface area contributed by atoms with Crippen molar-refractivity contribution < 1.29 is 21.6 Å². The number of thioether (sulfide) groups is 1. The van der Waals surface area contributed by atoms with Gasteiger partial charge in [0, 0.05) is 17.5 Å². The molecule has 4 rings (SSSR count). The van der Waals surface area contributed by atoms with Crippen LogP contribution in [-0.4, -0.2) is 42.6 Å². The van der Waals surface area contributed by atoms with Crippen molar-refractivity contribution in [3.63, 3.8) is 0 Å². The molecule has 0 saturated heterocycles. The molecular weight excluding hydrogens is 583 g/mol. The third-order valence-electron chi connectivity index (χ3n) is 5.94. The lowest BCUT2D eigenvalue weighted by atomic mass is 9.86. The number of guanidine groups is 1. The number of halogens is 4. The van der Waals surface area contributed by atoms with Gasteiger partial charge in [-0.2, -0.15) is 31.7 Å². The van der Waals surface area contributed by atoms with Crippen molar-refractivity contribution in [3.05, 3.63) is 101 Å². The van der Waals surface area contributed by atoms with Crippen LogP contribution in [-0.2, 0) is 16.2 Å². The fraction of sp³-hybridized carbons (Fsp3) is 0.222. The van der Waals surface area contributed by atoms with E-state index in [0.29, 0.717) is 35.0 Å². The third kappa shape index (κ3) is 7.23. The number of benzene rings is 3. The Balaban J connectivity index is 1.81. The summed E-state index contributed by atoms with van der Waals surface area (Å²) in [4.78, 5) is 3.82. The highest BCUT2D eigenvalue weighted by Gasteiger charge is 2.32. The minimum Gasteiger partial charge on any atom is -0.378 e. The van der Waals surface area contributed by atoms with Gasteiger partial charge in [-0.25, -0.2) is 5.01 Å². The van der Waals surface area contributed by atoms with Gasteiger partial charge in [0.05, 0.1) is 16.2 Å². The highest BCUT2D eigenvalue weighted by molar-refractivity contribution is 8.13. The maximum absolute atomic E-state index is 13.2. The molecule has 3 aromatic rings. The smallest absolute Gasteiger partial charge is 0.378 e. The molecule has 0 fully saturated rings. The zero-order valence-electron chi connectivity index (χ0n) is 21.2. The van der Waals surface area contributed by atoms with E-state index in [1.165, 1.54) is 16.8 Å². The van der Waals surface area contributed by atoms with E-state index in [9.17, 15) is 21.6 Å². The van der Waals surface area contributed by atoms with Crippen LogP contribution >= 0.6 is 23.4 Å². The maximum atomic E-state index is 13.2. The third-order valence-corrected chi connectivity index (χ3v) is 8.14. The van der Waals surface area contributed by atoms with Gasteiger partial charge in [0.15, 0.2) is 5.17 Å². The number of nitrogens with two attached hydrogens (primary N) is 1. The highest BCUT2D eigenvalue weighted by atomic mass is 35.5. The monoisotopic (exact) mass is 607 g/mol. The molecule has 0 aromatic heterocycles. The van der Waals surface area contributed by atoms with E-state index >= 15 is 0 Å². The fourth-order valence-corrected chi connectivity index (χ4v) is 5.56. The van der Waals surface area contributed by atoms with E-state index in [0.717, 1.165) is 23.3 Å². The predicted octanol–water partition coefficient (Wildman–Crippen LogP) is 6.37. The van der Waals surface area contributed by atoms with E-state index < -0.39 is 26.7 Å². The van der Waals surface area contributed by atoms with Gasteiger partial charge in [-0.15, -0.1) is 4.40 Å². The first kappa shape index (κ1) is 29.6. The molecule has 1 unspecified atom stereocenters. The standard InChI is InChI=1S/C27H25ClF3N5O2S2/c1-2-39-25(32)33-26(35-40(37,38)22-14-10-20(11-15-22)27(29,30)31)36-17-16-23(18-6-4-3-5-7-18)24(34-36)19-8-12-21(28)13-9-19/h3-15,23H,2,16-17H2,1H3,(H2,32,33,35). The van der Waals surface area contributed by atoms with Gasteiger partial charge in [0.2, 0.25) is 0 Å². The zero-order valence-corrected chi connectivity index (χ0v) is 23.6. The summed E-state index contributed by atoms with van der Waals surface area (Å²) < 4.78 is 69.2. The Hall–Kier alpha value is -3.35. The first-order chi connectivity index (χ1) is 19.0. The molecule has 1 heterocycles. The molecule has 7 nitrogen and oxygen atoms in total. The number of aliphatic imine (C=N–C) groups is 1. The molecule has 40 heavy (non-hydrogen) atoms. The molecule has 13 heteroatoms. The number of nitrogens with zero attached hydrogens (tertiary/aromatic N) is 4. The van der Waals surface area contributed by atoms with Crippen molar-refractivity contribution in [2.45, 2.75) is 30.3 Å². The van der Waals surface area contributed by atoms with Crippen LogP contribution in [0.2, 0.25) is 5.02 Å². The minimum absolute atomic E-state index is 0.0669. The molecule has 3 aromatic carbocycles. The van der Waals surface area contributed by atoms with Crippen molar-refractivity contribution in [2.75, 3.05) is 12.3 Å². The minimum atomic E-state index is -4.61. The van der Waals surface area contributed by atoms with Crippen molar-refractivity contribution in [3.8, 4) is 0 Å². The summed E-state index contributed by atoms with van der Waals surface area (Å²) in [6.45, 7) is 2.11. The Kier molecular flexibility index (Phi) is 9.22. The average molecular weight is 608 g/mol. The van der Waals surface area contributed by atoms with Gasteiger partial charge in [0.1, 0.15) is 0 Å². The number of alkyl halides is 3. The van der Waals surface area contributed by atoms with Gasteiger partial charge in [-0.3, -0.25) is 0 Å². The number of hydrogen-bond acceptors (Lipinski definition) is 4. The molecule has 1 atom stereocenters. The van der Waals surface area contributed by atoms with Crippen molar-refractivity contribution in [2.24, 2.45) is 20.2 Å². The summed E-state index contributed by atoms with van der Waals surface area (Å²) in [5.41, 5.74) is 7.49. The lowest BCUT2D eigenvalue weighted by Crippen LogP contribution is -2.36. The SMILES string of the molecule is CCS/C(N)=N\C(=N/S(=O)(=O)c1ccc(C(F)(F)F)cc1)N1CCC(c2ccccc2)C(c2ccc(Cl)cc2)=N1. The quantitative estimate of drug-likeness (QED) is 0.268. The Morgan fingerprint density at radius 2 is 1.73 bits per heavy atom. The fourth-order valence-electron chi connectivity index (χ4n) is 4.05. The van der Waals surface area contributed by atoms with Crippen LogP contribution in [0.15, 0.2) is 98.2 Å². The zero-order chi connectivity index (χ0) is 28.9. The van der Waals surface area contributed by atoms with Crippen molar-refractivity contribution >= 4 is 50.2 Å². The van der Waals surface area contributed by atoms with Crippen molar-refractivity contribution in [1.29, 1.82) is 0 Å². The number of hydrogen-bond donors (Lipinski definition) is 1. The topological polar surface area (TPSA) is 100 Å². The molecule has 2 N–H and O–H groups in total. The first-order valence-corrected chi connectivity index (χ1v) is 14.9. The van der Waals surface area contributed by atoms with Crippen LogP contribution in [0.4, 0.5) is 13.2 Å². The Morgan fingerprint density at radius 3 is 2.33 bits per heavy atom. The van der Waals surface area contributed by atoms with E-state index in [-0.39, 0.29) is 23.6 Å². The van der Waals surface area contributed by atoms with Gasteiger partial charge in [-0.1, -0.05) is 72.8 Å². The van der Waals surface area contributed by atoms with E-state index in [2.05, 4.69) is 9.39 Å². The number of hydrazone groups is 1. The highest BCUT2D eigenvalue weighted by Crippen LogP contribution is 2.32. The Morgan fingerprint density at radius 1 is 1.07 bits per heavy atom. The van der Waals surface area contributed by atoms with Crippen LogP contribution in [0.5, 0.6) is 0 Å². The summed E-state index contributed by atoms with van der Waals surface area (Å²) >= 11 is 7.29. The van der Waals surface area contributed by atoms with Crippen LogP contribution in [0.1, 0.15) is 36.0 Å². The van der Waals surface area contributed by atoms with Gasteiger partial charge < -0.3 is 5.73 Å². The summed E-state index contributed by atoms with van der Waals surface area (Å²) in [5.74, 6) is 0.165. The van der Waals surface area contributed by atoms with E-state index in [4.69, 9.17) is 22.4 Å². The summed E-state index contributed by atoms with van der Waals surface area (Å²) in [5, 5.41) is 6.74. The Bertz CT molecular complexity index is 1530. The van der Waals surface area contributed by atoms with E-state index in [1.807, 2.05) is 49.4 Å². The summed E-state index contributed by atoms with van der Waals surface area (Å²) in [7, 11) is -4.46. The molecule has 1 aliphatic rings. The van der Waals surface area contributed by atoms with Gasteiger partial charge >= 0.3 is 6.18 Å². The second-order valence-electron chi connectivity index (χ2n) is 8.64. The lowest BCUT2D eigenvalue weighted by molar-refractivity contribution is -0.137. The second kappa shape index (κ2) is 12.4. The normalized spacial score (nSPS) is 17.1. The van der Waals surface area contributed by atoms with E-state index in [1.54, 1.807) is 12.1 Å². The van der Waals surface area contributed by atoms with Crippen LogP contribution in [0.3, 0.4) is 0 Å². The lowest BCUT2D eigenvalue weighted by Gasteiger charge is -2.30. The predicted molar refractivity (Wildman–Crippen MR) is 154 cm³/mol. The molecule has 0 spiro atoms. The average Bonchev–Trinajstić information content (AvgIpc) is 2.93. The summed E-state index contributed by atoms with van der Waals surface area (Å²) in [6.07, 6.45) is -4.07. The molecule has 0 aliphatic carbocycles. The largest absolute Gasteiger partial charge is 0.416 e. The molecule has 0 saturated carbocycles. The molecule has 0 bridgehead atoms. The molecule has 0 amide bonds. The molecule has 210 valence electrons.